The Bertz CT molecular complexity index is 1450. The van der Waals surface area contributed by atoms with Crippen LogP contribution in [0.5, 0.6) is 5.75 Å². The standard InChI is InChI=1S/C29H33Cl2N3O5S/c1-5-27(29(36)32-6-2)33(18-21-12-13-22(30)16-26(21)31)28(35)19-34(23-8-7-9-24(17-23)39-4)40(37,38)25-14-10-20(3)11-15-25/h7-17,27H,5-6,18-19H2,1-4H3,(H,32,36). The summed E-state index contributed by atoms with van der Waals surface area (Å²) in [5.74, 6) is -0.506. The van der Waals surface area contributed by atoms with E-state index in [2.05, 4.69) is 5.32 Å². The molecule has 0 spiro atoms. The minimum absolute atomic E-state index is 0.0248. The van der Waals surface area contributed by atoms with Crippen LogP contribution in [0.2, 0.25) is 10.0 Å². The van der Waals surface area contributed by atoms with Crippen LogP contribution in [0.3, 0.4) is 0 Å². The molecule has 0 aliphatic heterocycles. The van der Waals surface area contributed by atoms with E-state index >= 15 is 0 Å². The van der Waals surface area contributed by atoms with Gasteiger partial charge in [0, 0.05) is 29.2 Å². The molecule has 0 bridgehead atoms. The first-order chi connectivity index (χ1) is 19.0. The maximum Gasteiger partial charge on any atom is 0.264 e. The molecule has 8 nitrogen and oxygen atoms in total. The molecule has 0 fully saturated rings. The van der Waals surface area contributed by atoms with Crippen LogP contribution in [0.15, 0.2) is 71.6 Å². The Kier molecular flexibility index (Phi) is 10.8. The van der Waals surface area contributed by atoms with Gasteiger partial charge in [-0.25, -0.2) is 8.42 Å². The van der Waals surface area contributed by atoms with Gasteiger partial charge in [-0.2, -0.15) is 0 Å². The number of nitrogens with one attached hydrogen (secondary N) is 1. The Morgan fingerprint density at radius 2 is 1.70 bits per heavy atom. The summed E-state index contributed by atoms with van der Waals surface area (Å²) in [4.78, 5) is 28.5. The number of carbonyl (C=O) groups is 2. The molecule has 11 heteroatoms. The van der Waals surface area contributed by atoms with Crippen molar-refractivity contribution in [2.75, 3.05) is 24.5 Å². The molecular weight excluding hydrogens is 573 g/mol. The van der Waals surface area contributed by atoms with E-state index in [0.29, 0.717) is 34.3 Å². The number of anilines is 1. The molecule has 1 unspecified atom stereocenters. The topological polar surface area (TPSA) is 96.0 Å². The van der Waals surface area contributed by atoms with E-state index in [9.17, 15) is 18.0 Å². The molecule has 3 aromatic carbocycles. The number of carbonyl (C=O) groups excluding carboxylic acids is 2. The Morgan fingerprint density at radius 3 is 2.30 bits per heavy atom. The van der Waals surface area contributed by atoms with Gasteiger partial charge in [-0.15, -0.1) is 0 Å². The van der Waals surface area contributed by atoms with Gasteiger partial charge in [-0.1, -0.05) is 60.0 Å². The molecule has 40 heavy (non-hydrogen) atoms. The third kappa shape index (κ3) is 7.47. The van der Waals surface area contributed by atoms with Crippen LogP contribution in [0, 0.1) is 6.92 Å². The van der Waals surface area contributed by atoms with E-state index in [4.69, 9.17) is 27.9 Å². The van der Waals surface area contributed by atoms with E-state index in [1.54, 1.807) is 68.4 Å². The normalized spacial score (nSPS) is 11.9. The molecule has 1 N–H and O–H groups in total. The number of sulfonamides is 1. The number of hydrogen-bond donors (Lipinski definition) is 1. The zero-order valence-corrected chi connectivity index (χ0v) is 25.2. The lowest BCUT2D eigenvalue weighted by Gasteiger charge is -2.33. The third-order valence-corrected chi connectivity index (χ3v) is 8.70. The van der Waals surface area contributed by atoms with Crippen LogP contribution >= 0.6 is 23.2 Å². The number of likely N-dealkylation sites (N-methyl/N-ethyl adjacent to an activating group) is 1. The Balaban J connectivity index is 2.10. The molecule has 1 atom stereocenters. The maximum absolute atomic E-state index is 14.0. The highest BCUT2D eigenvalue weighted by Gasteiger charge is 2.34. The minimum Gasteiger partial charge on any atom is -0.497 e. The highest BCUT2D eigenvalue weighted by Crippen LogP contribution is 2.29. The minimum atomic E-state index is -4.19. The molecule has 0 aliphatic rings. The number of rotatable bonds is 12. The summed E-state index contributed by atoms with van der Waals surface area (Å²) in [5.41, 5.74) is 1.70. The number of halogens is 2. The predicted octanol–water partition coefficient (Wildman–Crippen LogP) is 5.45. The molecule has 0 saturated carbocycles. The molecule has 3 rings (SSSR count). The van der Waals surface area contributed by atoms with Crippen molar-refractivity contribution in [3.05, 3.63) is 87.9 Å². The summed E-state index contributed by atoms with van der Waals surface area (Å²) in [5, 5.41) is 3.52. The summed E-state index contributed by atoms with van der Waals surface area (Å²) in [6.07, 6.45) is 0.298. The van der Waals surface area contributed by atoms with Crippen LogP contribution in [0.4, 0.5) is 5.69 Å². The zero-order chi connectivity index (χ0) is 29.4. The van der Waals surface area contributed by atoms with E-state index < -0.39 is 28.5 Å². The van der Waals surface area contributed by atoms with Crippen molar-refractivity contribution in [2.45, 2.75) is 44.7 Å². The lowest BCUT2D eigenvalue weighted by Crippen LogP contribution is -2.52. The zero-order valence-electron chi connectivity index (χ0n) is 22.9. The van der Waals surface area contributed by atoms with Crippen LogP contribution in [0.25, 0.3) is 0 Å². The molecule has 0 radical (unpaired) electrons. The number of amides is 2. The van der Waals surface area contributed by atoms with Crippen LogP contribution in [-0.2, 0) is 26.2 Å². The molecular formula is C29H33Cl2N3O5S. The molecule has 3 aromatic rings. The van der Waals surface area contributed by atoms with Crippen molar-refractivity contribution < 1.29 is 22.7 Å². The number of methoxy groups -OCH3 is 1. The van der Waals surface area contributed by atoms with Crippen LogP contribution < -0.4 is 14.4 Å². The number of hydrogen-bond acceptors (Lipinski definition) is 5. The fourth-order valence-corrected chi connectivity index (χ4v) is 6.05. The fraction of sp³-hybridized carbons (Fsp3) is 0.310. The quantitative estimate of drug-likeness (QED) is 0.296. The maximum atomic E-state index is 14.0. The highest BCUT2D eigenvalue weighted by molar-refractivity contribution is 7.92. The molecule has 0 saturated heterocycles. The van der Waals surface area contributed by atoms with Gasteiger partial charge >= 0.3 is 0 Å². The van der Waals surface area contributed by atoms with Crippen LogP contribution in [0.1, 0.15) is 31.4 Å². The van der Waals surface area contributed by atoms with Gasteiger partial charge in [-0.3, -0.25) is 13.9 Å². The van der Waals surface area contributed by atoms with E-state index in [0.717, 1.165) is 9.87 Å². The molecule has 0 aliphatic carbocycles. The summed E-state index contributed by atoms with van der Waals surface area (Å²) in [7, 11) is -2.72. The van der Waals surface area contributed by atoms with Gasteiger partial charge in [0.1, 0.15) is 18.3 Å². The monoisotopic (exact) mass is 605 g/mol. The highest BCUT2D eigenvalue weighted by atomic mass is 35.5. The average molecular weight is 607 g/mol. The third-order valence-electron chi connectivity index (χ3n) is 6.32. The van der Waals surface area contributed by atoms with Gasteiger partial charge in [0.15, 0.2) is 0 Å². The number of nitrogens with zero attached hydrogens (tertiary/aromatic N) is 2. The van der Waals surface area contributed by atoms with E-state index in [1.807, 2.05) is 6.92 Å². The fourth-order valence-electron chi connectivity index (χ4n) is 4.18. The van der Waals surface area contributed by atoms with Crippen molar-refractivity contribution in [3.63, 3.8) is 0 Å². The number of ether oxygens (including phenoxy) is 1. The summed E-state index contributed by atoms with van der Waals surface area (Å²) in [6.45, 7) is 5.20. The van der Waals surface area contributed by atoms with Crippen molar-refractivity contribution in [2.24, 2.45) is 0 Å². The SMILES string of the molecule is CCNC(=O)C(CC)N(Cc1ccc(Cl)cc1Cl)C(=O)CN(c1cccc(OC)c1)S(=O)(=O)c1ccc(C)cc1. The summed E-state index contributed by atoms with van der Waals surface area (Å²) < 4.78 is 34.2. The Hall–Kier alpha value is -3.27. The van der Waals surface area contributed by atoms with E-state index in [1.165, 1.54) is 24.1 Å². The van der Waals surface area contributed by atoms with Gasteiger partial charge in [0.2, 0.25) is 11.8 Å². The molecule has 2 amide bonds. The van der Waals surface area contributed by atoms with Crippen molar-refractivity contribution in [1.29, 1.82) is 0 Å². The second kappa shape index (κ2) is 13.9. The first kappa shape index (κ1) is 31.3. The lowest BCUT2D eigenvalue weighted by atomic mass is 10.1. The predicted molar refractivity (Wildman–Crippen MR) is 158 cm³/mol. The van der Waals surface area contributed by atoms with Gasteiger partial charge in [-0.05, 0) is 62.2 Å². The summed E-state index contributed by atoms with van der Waals surface area (Å²) in [6, 6.07) is 16.8. The largest absolute Gasteiger partial charge is 0.497 e. The molecule has 0 heterocycles. The second-order valence-corrected chi connectivity index (χ2v) is 11.8. The first-order valence-corrected chi connectivity index (χ1v) is 15.0. The van der Waals surface area contributed by atoms with Crippen molar-refractivity contribution in [3.8, 4) is 5.75 Å². The lowest BCUT2D eigenvalue weighted by molar-refractivity contribution is -0.140. The first-order valence-electron chi connectivity index (χ1n) is 12.8. The van der Waals surface area contributed by atoms with Crippen molar-refractivity contribution in [1.82, 2.24) is 10.2 Å². The molecule has 214 valence electrons. The summed E-state index contributed by atoms with van der Waals surface area (Å²) >= 11 is 12.5. The second-order valence-electron chi connectivity index (χ2n) is 9.10. The number of aryl methyl sites for hydroxylation is 1. The number of benzene rings is 3. The Morgan fingerprint density at radius 1 is 1.00 bits per heavy atom. The van der Waals surface area contributed by atoms with Crippen LogP contribution in [-0.4, -0.2) is 51.4 Å². The molecule has 0 aromatic heterocycles. The smallest absolute Gasteiger partial charge is 0.264 e. The Labute approximate surface area is 245 Å². The van der Waals surface area contributed by atoms with Gasteiger partial charge < -0.3 is 15.0 Å². The van der Waals surface area contributed by atoms with Gasteiger partial charge in [0.05, 0.1) is 17.7 Å². The van der Waals surface area contributed by atoms with Crippen molar-refractivity contribution >= 4 is 50.7 Å². The van der Waals surface area contributed by atoms with E-state index in [-0.39, 0.29) is 23.0 Å². The van der Waals surface area contributed by atoms with Gasteiger partial charge in [0.25, 0.3) is 10.0 Å². The average Bonchev–Trinajstić information content (AvgIpc) is 2.93.